The second kappa shape index (κ2) is 10.3. The highest BCUT2D eigenvalue weighted by Gasteiger charge is 2.33. The Morgan fingerprint density at radius 3 is 2.44 bits per heavy atom. The van der Waals surface area contributed by atoms with Gasteiger partial charge in [0.2, 0.25) is 0 Å². The summed E-state index contributed by atoms with van der Waals surface area (Å²) in [7, 11) is 0. The number of nitrogens with one attached hydrogen (secondary N) is 2. The summed E-state index contributed by atoms with van der Waals surface area (Å²) < 4.78 is 5.73. The van der Waals surface area contributed by atoms with E-state index in [2.05, 4.69) is 5.32 Å². The van der Waals surface area contributed by atoms with E-state index >= 15 is 0 Å². The molecule has 172 valence electrons. The number of nitrogens with zero attached hydrogens (tertiary/aromatic N) is 1. The minimum absolute atomic E-state index is 0.0699. The predicted octanol–water partition coefficient (Wildman–Crippen LogP) is 6.37. The van der Waals surface area contributed by atoms with Gasteiger partial charge in [-0.1, -0.05) is 40.9 Å². The van der Waals surface area contributed by atoms with Crippen molar-refractivity contribution < 1.29 is 14.3 Å². The first-order chi connectivity index (χ1) is 16.3. The number of carbonyl (C=O) groups excluding carboxylic acids is 2. The van der Waals surface area contributed by atoms with Crippen LogP contribution in [0.25, 0.3) is 6.08 Å². The molecule has 6 nitrogen and oxygen atoms in total. The van der Waals surface area contributed by atoms with Crippen molar-refractivity contribution in [1.29, 1.82) is 5.41 Å². The molecule has 0 aliphatic carbocycles. The lowest BCUT2D eigenvalue weighted by molar-refractivity contribution is -0.118. The number of anilines is 2. The van der Waals surface area contributed by atoms with Crippen LogP contribution in [0, 0.1) is 12.3 Å². The number of ether oxygens (including phenoxy) is 1. The van der Waals surface area contributed by atoms with E-state index in [0.29, 0.717) is 37.6 Å². The van der Waals surface area contributed by atoms with Gasteiger partial charge in [0, 0.05) is 21.3 Å². The van der Waals surface area contributed by atoms with Crippen LogP contribution < -0.4 is 15.0 Å². The molecular weight excluding hydrogens is 493 g/mol. The molecule has 3 aromatic carbocycles. The first-order valence-corrected chi connectivity index (χ1v) is 11.7. The summed E-state index contributed by atoms with van der Waals surface area (Å²) in [6, 6.07) is 19.0. The fraction of sp³-hybridized carbons (Fsp3) is 0.0800. The summed E-state index contributed by atoms with van der Waals surface area (Å²) in [5, 5.41) is 12.1. The predicted molar refractivity (Wildman–Crippen MR) is 139 cm³/mol. The molecule has 1 aliphatic rings. The molecular formula is C25H19Cl2N3O3S. The molecule has 0 aromatic heterocycles. The number of aryl methyl sites for hydroxylation is 1. The van der Waals surface area contributed by atoms with Crippen molar-refractivity contribution in [2.75, 3.05) is 16.8 Å². The summed E-state index contributed by atoms with van der Waals surface area (Å²) >= 11 is 13.1. The second-order valence-corrected chi connectivity index (χ2v) is 9.32. The third-order valence-electron chi connectivity index (χ3n) is 4.86. The van der Waals surface area contributed by atoms with Gasteiger partial charge in [-0.15, -0.1) is 0 Å². The van der Waals surface area contributed by atoms with Crippen LogP contribution >= 0.6 is 35.0 Å². The highest BCUT2D eigenvalue weighted by atomic mass is 35.5. The Labute approximate surface area is 211 Å². The van der Waals surface area contributed by atoms with E-state index in [-0.39, 0.29) is 23.6 Å². The molecule has 34 heavy (non-hydrogen) atoms. The second-order valence-electron chi connectivity index (χ2n) is 7.42. The molecule has 0 saturated carbocycles. The van der Waals surface area contributed by atoms with E-state index in [1.807, 2.05) is 31.2 Å². The van der Waals surface area contributed by atoms with E-state index in [1.165, 1.54) is 4.90 Å². The maximum atomic E-state index is 13.0. The average Bonchev–Trinajstić information content (AvgIpc) is 3.08. The molecule has 1 fully saturated rings. The maximum absolute atomic E-state index is 13.0. The van der Waals surface area contributed by atoms with Crippen LogP contribution in [-0.4, -0.2) is 23.6 Å². The number of amidine groups is 1. The van der Waals surface area contributed by atoms with E-state index in [0.717, 1.165) is 17.3 Å². The lowest BCUT2D eigenvalue weighted by Gasteiger charge is -2.14. The molecule has 1 heterocycles. The van der Waals surface area contributed by atoms with Gasteiger partial charge in [0.05, 0.1) is 10.6 Å². The Kier molecular flexibility index (Phi) is 7.26. The van der Waals surface area contributed by atoms with Gasteiger partial charge in [-0.2, -0.15) is 0 Å². The molecule has 9 heteroatoms. The van der Waals surface area contributed by atoms with Crippen LogP contribution in [0.3, 0.4) is 0 Å². The summed E-state index contributed by atoms with van der Waals surface area (Å²) in [4.78, 5) is 27.0. The summed E-state index contributed by atoms with van der Waals surface area (Å²) in [6.07, 6.45) is 1.61. The molecule has 0 unspecified atom stereocenters. The monoisotopic (exact) mass is 511 g/mol. The minimum atomic E-state index is -0.347. The Morgan fingerprint density at radius 1 is 1.06 bits per heavy atom. The van der Waals surface area contributed by atoms with E-state index in [1.54, 1.807) is 48.5 Å². The molecule has 1 aliphatic heterocycles. The molecule has 0 bridgehead atoms. The zero-order valence-corrected chi connectivity index (χ0v) is 20.3. The highest BCUT2D eigenvalue weighted by molar-refractivity contribution is 8.19. The zero-order chi connectivity index (χ0) is 24.2. The van der Waals surface area contributed by atoms with Gasteiger partial charge in [0.15, 0.2) is 11.8 Å². The largest absolute Gasteiger partial charge is 0.483 e. The van der Waals surface area contributed by atoms with Crippen LogP contribution in [-0.2, 0) is 9.59 Å². The van der Waals surface area contributed by atoms with E-state index in [9.17, 15) is 9.59 Å². The van der Waals surface area contributed by atoms with E-state index in [4.69, 9.17) is 33.3 Å². The number of amides is 2. The van der Waals surface area contributed by atoms with Crippen LogP contribution in [0.4, 0.5) is 11.4 Å². The van der Waals surface area contributed by atoms with Gasteiger partial charge in [0.25, 0.3) is 11.8 Å². The molecule has 2 N–H and O–H groups in total. The van der Waals surface area contributed by atoms with Gasteiger partial charge in [0.1, 0.15) is 5.75 Å². The first kappa shape index (κ1) is 23.9. The summed E-state index contributed by atoms with van der Waals surface area (Å²) in [5.41, 5.74) is 2.84. The van der Waals surface area contributed by atoms with Crippen molar-refractivity contribution >= 4 is 69.4 Å². The van der Waals surface area contributed by atoms with Gasteiger partial charge >= 0.3 is 0 Å². The SMILES string of the molecule is Cc1ccc(NC(=O)COc2ccc(Cl)cc2/C=C2\SC(=N)N(c3ccc(Cl)cc3)C2=O)cc1. The Balaban J connectivity index is 1.51. The Bertz CT molecular complexity index is 1290. The number of rotatable bonds is 6. The molecule has 0 radical (unpaired) electrons. The number of thioether (sulfide) groups is 1. The lowest BCUT2D eigenvalue weighted by Crippen LogP contribution is -2.27. The van der Waals surface area contributed by atoms with Crippen molar-refractivity contribution in [3.8, 4) is 5.75 Å². The molecule has 1 saturated heterocycles. The van der Waals surface area contributed by atoms with Gasteiger partial charge in [-0.25, -0.2) is 0 Å². The number of hydrogen-bond donors (Lipinski definition) is 2. The molecule has 0 atom stereocenters. The van der Waals surface area contributed by atoms with Crippen LogP contribution in [0.1, 0.15) is 11.1 Å². The quantitative estimate of drug-likeness (QED) is 0.376. The third-order valence-corrected chi connectivity index (χ3v) is 6.24. The maximum Gasteiger partial charge on any atom is 0.271 e. The van der Waals surface area contributed by atoms with Gasteiger partial charge in [-0.3, -0.25) is 19.9 Å². The number of carbonyl (C=O) groups is 2. The van der Waals surface area contributed by atoms with Crippen molar-refractivity contribution in [3.63, 3.8) is 0 Å². The Morgan fingerprint density at radius 2 is 1.74 bits per heavy atom. The normalized spacial score (nSPS) is 14.6. The number of hydrogen-bond acceptors (Lipinski definition) is 5. The molecule has 0 spiro atoms. The number of benzene rings is 3. The minimum Gasteiger partial charge on any atom is -0.483 e. The molecule has 2 amide bonds. The molecule has 4 rings (SSSR count). The fourth-order valence-corrected chi connectivity index (χ4v) is 4.35. The summed E-state index contributed by atoms with van der Waals surface area (Å²) in [6.45, 7) is 1.74. The third kappa shape index (κ3) is 5.62. The van der Waals surface area contributed by atoms with Crippen molar-refractivity contribution in [1.82, 2.24) is 0 Å². The fourth-order valence-electron chi connectivity index (χ4n) is 3.19. The van der Waals surface area contributed by atoms with Crippen LogP contribution in [0.15, 0.2) is 71.6 Å². The lowest BCUT2D eigenvalue weighted by atomic mass is 10.1. The first-order valence-electron chi connectivity index (χ1n) is 10.2. The van der Waals surface area contributed by atoms with Crippen molar-refractivity contribution in [3.05, 3.63) is 92.8 Å². The topological polar surface area (TPSA) is 82.5 Å². The van der Waals surface area contributed by atoms with Crippen molar-refractivity contribution in [2.45, 2.75) is 6.92 Å². The standard InChI is InChI=1S/C25H19Cl2N3O3S/c1-15-2-7-19(8-3-15)29-23(31)14-33-21-11-6-18(27)12-16(21)13-22-24(32)30(25(28)34-22)20-9-4-17(26)5-10-20/h2-13,28H,14H2,1H3,(H,29,31)/b22-13-,28-25?. The van der Waals surface area contributed by atoms with Crippen LogP contribution in [0.2, 0.25) is 10.0 Å². The summed E-state index contributed by atoms with van der Waals surface area (Å²) in [5.74, 6) is -0.277. The highest BCUT2D eigenvalue weighted by Crippen LogP contribution is 2.37. The van der Waals surface area contributed by atoms with Gasteiger partial charge in [-0.05, 0) is 79.4 Å². The molecule has 3 aromatic rings. The smallest absolute Gasteiger partial charge is 0.271 e. The van der Waals surface area contributed by atoms with Crippen LogP contribution in [0.5, 0.6) is 5.75 Å². The van der Waals surface area contributed by atoms with Crippen molar-refractivity contribution in [2.24, 2.45) is 0 Å². The van der Waals surface area contributed by atoms with Gasteiger partial charge < -0.3 is 10.1 Å². The zero-order valence-electron chi connectivity index (χ0n) is 18.0. The Hall–Kier alpha value is -3.26. The van der Waals surface area contributed by atoms with E-state index < -0.39 is 0 Å². The average molecular weight is 512 g/mol. The number of halogens is 2.